The number of benzene rings is 1. The van der Waals surface area contributed by atoms with Gasteiger partial charge in [-0.15, -0.1) is 0 Å². The molecular weight excluding hydrogens is 499 g/mol. The van der Waals surface area contributed by atoms with E-state index in [0.29, 0.717) is 36.7 Å². The molecule has 0 bridgehead atoms. The van der Waals surface area contributed by atoms with E-state index < -0.39 is 5.91 Å². The van der Waals surface area contributed by atoms with Crippen molar-refractivity contribution in [3.63, 3.8) is 0 Å². The van der Waals surface area contributed by atoms with E-state index in [9.17, 15) is 4.79 Å². The van der Waals surface area contributed by atoms with E-state index >= 15 is 0 Å². The molecule has 29 heavy (non-hydrogen) atoms. The molecule has 0 aliphatic carbocycles. The molecule has 1 aromatic carbocycles. The molecule has 0 radical (unpaired) electrons. The van der Waals surface area contributed by atoms with Gasteiger partial charge >= 0.3 is 0 Å². The first-order valence-electron chi connectivity index (χ1n) is 8.27. The zero-order valence-corrected chi connectivity index (χ0v) is 19.2. The molecule has 0 saturated carbocycles. The summed E-state index contributed by atoms with van der Waals surface area (Å²) in [6.45, 7) is 1.83. The molecular formula is C18H15BrCl2N6OS. The second-order valence-corrected chi connectivity index (χ2v) is 7.94. The maximum absolute atomic E-state index is 13.1. The lowest BCUT2D eigenvalue weighted by Gasteiger charge is -2.16. The largest absolute Gasteiger partial charge is 0.320 e. The number of thiocarbonyl (C=S) groups is 1. The van der Waals surface area contributed by atoms with Gasteiger partial charge in [0, 0.05) is 29.9 Å². The summed E-state index contributed by atoms with van der Waals surface area (Å²) in [5.41, 5.74) is 7.71. The zero-order valence-electron chi connectivity index (χ0n) is 15.3. The molecule has 0 unspecified atom stereocenters. The number of hydrogen-bond acceptors (Lipinski definition) is 5. The third kappa shape index (κ3) is 4.76. The van der Waals surface area contributed by atoms with Crippen molar-refractivity contribution in [3.05, 3.63) is 68.0 Å². The Bertz CT molecular complexity index is 1100. The zero-order chi connectivity index (χ0) is 21.1. The van der Waals surface area contributed by atoms with Crippen molar-refractivity contribution in [2.75, 3.05) is 12.4 Å². The van der Waals surface area contributed by atoms with Crippen molar-refractivity contribution in [2.45, 2.75) is 6.92 Å². The lowest BCUT2D eigenvalue weighted by atomic mass is 10.1. The van der Waals surface area contributed by atoms with Crippen LogP contribution in [0.5, 0.6) is 0 Å². The van der Waals surface area contributed by atoms with Gasteiger partial charge < -0.3 is 10.7 Å². The lowest BCUT2D eigenvalue weighted by Crippen LogP contribution is -2.34. The van der Waals surface area contributed by atoms with E-state index in [4.69, 9.17) is 35.4 Å². The average Bonchev–Trinajstić information content (AvgIpc) is 3.05. The summed E-state index contributed by atoms with van der Waals surface area (Å²) >= 11 is 21.1. The Labute approximate surface area is 190 Å². The van der Waals surface area contributed by atoms with Gasteiger partial charge in [-0.2, -0.15) is 5.10 Å². The van der Waals surface area contributed by atoms with Crippen LogP contribution in [-0.4, -0.2) is 32.7 Å². The van der Waals surface area contributed by atoms with Crippen LogP contribution >= 0.6 is 51.3 Å². The van der Waals surface area contributed by atoms with Gasteiger partial charge in [0.1, 0.15) is 15.3 Å². The topological polar surface area (TPSA) is 83.9 Å². The standard InChI is InChI=1S/C18H15BrCl2N6OS/c1-9-6-10(20)7-11(18(29)25-22-2)15(9)24-17(28)13-8-14(19)26-27(13)16-12(21)4-3-5-23-16/h3-8,22H,1-2H3,(H,24,28)(H,25,29). The van der Waals surface area contributed by atoms with Crippen LogP contribution in [0, 0.1) is 6.92 Å². The molecule has 3 N–H and O–H groups in total. The van der Waals surface area contributed by atoms with Crippen LogP contribution in [-0.2, 0) is 0 Å². The number of aromatic nitrogens is 3. The Hall–Kier alpha value is -2.04. The van der Waals surface area contributed by atoms with Crippen LogP contribution in [0.1, 0.15) is 21.6 Å². The van der Waals surface area contributed by atoms with Crippen LogP contribution in [0.15, 0.2) is 41.1 Å². The van der Waals surface area contributed by atoms with Gasteiger partial charge in [0.2, 0.25) is 0 Å². The van der Waals surface area contributed by atoms with Crippen LogP contribution in [0.4, 0.5) is 5.69 Å². The molecule has 1 amide bonds. The van der Waals surface area contributed by atoms with Gasteiger partial charge in [-0.1, -0.05) is 35.4 Å². The summed E-state index contributed by atoms with van der Waals surface area (Å²) in [5.74, 6) is -0.0747. The van der Waals surface area contributed by atoms with Crippen molar-refractivity contribution >= 4 is 67.9 Å². The highest BCUT2D eigenvalue weighted by Gasteiger charge is 2.21. The van der Waals surface area contributed by atoms with Gasteiger partial charge in [0.25, 0.3) is 5.91 Å². The molecule has 0 atom stereocenters. The fraction of sp³-hybridized carbons (Fsp3) is 0.111. The first-order valence-corrected chi connectivity index (χ1v) is 10.2. The van der Waals surface area contributed by atoms with E-state index in [0.717, 1.165) is 5.56 Å². The lowest BCUT2D eigenvalue weighted by molar-refractivity contribution is 0.101. The highest BCUT2D eigenvalue weighted by molar-refractivity contribution is 9.10. The number of carbonyl (C=O) groups is 1. The number of amides is 1. The number of halogens is 3. The van der Waals surface area contributed by atoms with Gasteiger partial charge in [0.15, 0.2) is 5.82 Å². The molecule has 0 aliphatic heterocycles. The Morgan fingerprint density at radius 1 is 1.28 bits per heavy atom. The number of rotatable bonds is 5. The fourth-order valence-corrected chi connectivity index (χ4v) is 3.77. The van der Waals surface area contributed by atoms with Gasteiger partial charge in [-0.3, -0.25) is 4.79 Å². The first-order chi connectivity index (χ1) is 13.8. The maximum Gasteiger partial charge on any atom is 0.274 e. The fourth-order valence-electron chi connectivity index (χ4n) is 2.66. The molecule has 2 aromatic heterocycles. The first kappa shape index (κ1) is 21.7. The van der Waals surface area contributed by atoms with Gasteiger partial charge in [-0.25, -0.2) is 15.1 Å². The predicted octanol–water partition coefficient (Wildman–Crippen LogP) is 4.30. The maximum atomic E-state index is 13.1. The minimum absolute atomic E-state index is 0.241. The number of hydrogen-bond donors (Lipinski definition) is 3. The summed E-state index contributed by atoms with van der Waals surface area (Å²) in [4.78, 5) is 17.7. The molecule has 0 spiro atoms. The summed E-state index contributed by atoms with van der Waals surface area (Å²) in [6, 6.07) is 8.37. The molecule has 0 aliphatic rings. The van der Waals surface area contributed by atoms with Crippen LogP contribution < -0.4 is 16.2 Å². The summed E-state index contributed by atoms with van der Waals surface area (Å²) in [6.07, 6.45) is 1.57. The summed E-state index contributed by atoms with van der Waals surface area (Å²) in [5, 5.41) is 8.05. The molecule has 2 heterocycles. The molecule has 3 rings (SSSR count). The van der Waals surface area contributed by atoms with E-state index in [2.05, 4.69) is 42.2 Å². The molecule has 0 fully saturated rings. The predicted molar refractivity (Wildman–Crippen MR) is 122 cm³/mol. The van der Waals surface area contributed by atoms with Crippen molar-refractivity contribution in [1.29, 1.82) is 0 Å². The number of hydrazine groups is 1. The van der Waals surface area contributed by atoms with E-state index in [1.54, 1.807) is 43.6 Å². The van der Waals surface area contributed by atoms with Crippen LogP contribution in [0.25, 0.3) is 5.82 Å². The van der Waals surface area contributed by atoms with E-state index in [1.807, 2.05) is 6.92 Å². The van der Waals surface area contributed by atoms with Gasteiger partial charge in [0.05, 0.1) is 10.7 Å². The Balaban J connectivity index is 2.03. The molecule has 0 saturated heterocycles. The third-order valence-corrected chi connectivity index (χ3v) is 5.10. The molecule has 150 valence electrons. The number of pyridine rings is 1. The van der Waals surface area contributed by atoms with Crippen molar-refractivity contribution in [2.24, 2.45) is 0 Å². The number of aryl methyl sites for hydroxylation is 1. The number of nitrogens with zero attached hydrogens (tertiary/aromatic N) is 3. The summed E-state index contributed by atoms with van der Waals surface area (Å²) < 4.78 is 1.83. The SMILES string of the molecule is CNNC(=S)c1cc(Cl)cc(C)c1NC(=O)c1cc(Br)nn1-c1ncccc1Cl. The Kier molecular flexibility index (Phi) is 6.86. The summed E-state index contributed by atoms with van der Waals surface area (Å²) in [7, 11) is 1.69. The average molecular weight is 514 g/mol. The number of carbonyl (C=O) groups excluding carboxylic acids is 1. The minimum Gasteiger partial charge on any atom is -0.320 e. The van der Waals surface area contributed by atoms with Crippen LogP contribution in [0.3, 0.4) is 0 Å². The minimum atomic E-state index is -0.413. The monoisotopic (exact) mass is 512 g/mol. The van der Waals surface area contributed by atoms with E-state index in [1.165, 1.54) is 4.68 Å². The second-order valence-electron chi connectivity index (χ2n) is 5.88. The van der Waals surface area contributed by atoms with Crippen LogP contribution in [0.2, 0.25) is 10.0 Å². The van der Waals surface area contributed by atoms with Crippen molar-refractivity contribution in [1.82, 2.24) is 25.6 Å². The second kappa shape index (κ2) is 9.19. The highest BCUT2D eigenvalue weighted by atomic mass is 79.9. The normalized spacial score (nSPS) is 10.7. The Morgan fingerprint density at radius 3 is 2.72 bits per heavy atom. The molecule has 11 heteroatoms. The number of anilines is 1. The quantitative estimate of drug-likeness (QED) is 0.348. The van der Waals surface area contributed by atoms with Gasteiger partial charge in [-0.05, 0) is 52.7 Å². The van der Waals surface area contributed by atoms with Crippen molar-refractivity contribution < 1.29 is 4.79 Å². The number of nitrogens with one attached hydrogen (secondary N) is 3. The molecule has 3 aromatic rings. The highest BCUT2D eigenvalue weighted by Crippen LogP contribution is 2.28. The smallest absolute Gasteiger partial charge is 0.274 e. The third-order valence-electron chi connectivity index (χ3n) is 3.87. The van der Waals surface area contributed by atoms with Crippen molar-refractivity contribution in [3.8, 4) is 5.82 Å². The Morgan fingerprint density at radius 2 is 2.03 bits per heavy atom. The van der Waals surface area contributed by atoms with E-state index in [-0.39, 0.29) is 5.69 Å². The molecule has 7 nitrogen and oxygen atoms in total.